The smallest absolute Gasteiger partial charge is 0.161 e. The fourth-order valence-corrected chi connectivity index (χ4v) is 1.84. The molecule has 1 aliphatic rings. The van der Waals surface area contributed by atoms with Crippen LogP contribution >= 0.6 is 0 Å². The highest BCUT2D eigenvalue weighted by molar-refractivity contribution is 6.00. The van der Waals surface area contributed by atoms with Gasteiger partial charge in [-0.15, -0.1) is 0 Å². The van der Waals surface area contributed by atoms with E-state index in [1.807, 2.05) is 6.92 Å². The van der Waals surface area contributed by atoms with E-state index in [0.717, 1.165) is 24.8 Å². The van der Waals surface area contributed by atoms with Gasteiger partial charge in [0.1, 0.15) is 0 Å². The standard InChI is InChI=1S/C10H16O/c1-4-8-6-7(3)10(11)9(8)5-2/h7H,4-6H2,1-3H3. The third kappa shape index (κ3) is 1.37. The van der Waals surface area contributed by atoms with Crippen molar-refractivity contribution >= 4 is 5.78 Å². The molecule has 1 heteroatoms. The van der Waals surface area contributed by atoms with Gasteiger partial charge >= 0.3 is 0 Å². The van der Waals surface area contributed by atoms with Gasteiger partial charge in [0.05, 0.1) is 0 Å². The van der Waals surface area contributed by atoms with Gasteiger partial charge in [0.2, 0.25) is 0 Å². The van der Waals surface area contributed by atoms with Crippen molar-refractivity contribution in [3.8, 4) is 0 Å². The van der Waals surface area contributed by atoms with Crippen molar-refractivity contribution in [2.24, 2.45) is 5.92 Å². The third-order valence-corrected chi connectivity index (χ3v) is 2.50. The molecule has 0 aromatic rings. The minimum absolute atomic E-state index is 0.264. The van der Waals surface area contributed by atoms with Crippen LogP contribution in [0, 0.1) is 5.92 Å². The van der Waals surface area contributed by atoms with Crippen molar-refractivity contribution in [1.82, 2.24) is 0 Å². The van der Waals surface area contributed by atoms with Crippen LogP contribution in [-0.2, 0) is 4.79 Å². The number of allylic oxidation sites excluding steroid dienone is 2. The number of carbonyl (C=O) groups excluding carboxylic acids is 1. The van der Waals surface area contributed by atoms with Crippen LogP contribution in [0.4, 0.5) is 0 Å². The Balaban J connectivity index is 2.86. The molecule has 0 saturated heterocycles. The van der Waals surface area contributed by atoms with E-state index < -0.39 is 0 Å². The summed E-state index contributed by atoms with van der Waals surface area (Å²) in [6, 6.07) is 0. The molecule has 0 spiro atoms. The third-order valence-electron chi connectivity index (χ3n) is 2.50. The summed E-state index contributed by atoms with van der Waals surface area (Å²) in [5.74, 6) is 0.657. The van der Waals surface area contributed by atoms with Gasteiger partial charge in [-0.05, 0) is 24.8 Å². The van der Waals surface area contributed by atoms with Crippen molar-refractivity contribution < 1.29 is 4.79 Å². The monoisotopic (exact) mass is 152 g/mol. The van der Waals surface area contributed by atoms with E-state index in [1.165, 1.54) is 5.57 Å². The fourth-order valence-electron chi connectivity index (χ4n) is 1.84. The second-order valence-corrected chi connectivity index (χ2v) is 3.26. The molecule has 1 aliphatic carbocycles. The predicted octanol–water partition coefficient (Wildman–Crippen LogP) is 2.71. The van der Waals surface area contributed by atoms with E-state index in [4.69, 9.17) is 0 Å². The van der Waals surface area contributed by atoms with Crippen molar-refractivity contribution in [3.05, 3.63) is 11.1 Å². The maximum atomic E-state index is 11.4. The molecular weight excluding hydrogens is 136 g/mol. The van der Waals surface area contributed by atoms with Gasteiger partial charge in [-0.25, -0.2) is 0 Å². The highest BCUT2D eigenvalue weighted by Crippen LogP contribution is 2.31. The van der Waals surface area contributed by atoms with Gasteiger partial charge in [-0.3, -0.25) is 4.79 Å². The summed E-state index contributed by atoms with van der Waals surface area (Å²) in [6.45, 7) is 6.23. The first-order chi connectivity index (χ1) is 5.20. The molecule has 11 heavy (non-hydrogen) atoms. The quantitative estimate of drug-likeness (QED) is 0.594. The molecule has 1 atom stereocenters. The van der Waals surface area contributed by atoms with E-state index in [1.54, 1.807) is 0 Å². The first-order valence-electron chi connectivity index (χ1n) is 4.45. The van der Waals surface area contributed by atoms with Crippen molar-refractivity contribution in [2.75, 3.05) is 0 Å². The average molecular weight is 152 g/mol. The minimum Gasteiger partial charge on any atom is -0.294 e. The Hall–Kier alpha value is -0.590. The number of hydrogen-bond acceptors (Lipinski definition) is 1. The van der Waals surface area contributed by atoms with E-state index in [0.29, 0.717) is 5.78 Å². The zero-order valence-electron chi connectivity index (χ0n) is 7.61. The number of carbonyl (C=O) groups is 1. The lowest BCUT2D eigenvalue weighted by Gasteiger charge is -1.98. The molecule has 0 amide bonds. The summed E-state index contributed by atoms with van der Waals surface area (Å²) in [4.78, 5) is 11.4. The zero-order valence-corrected chi connectivity index (χ0v) is 7.61. The molecule has 1 nitrogen and oxygen atoms in total. The van der Waals surface area contributed by atoms with E-state index in [-0.39, 0.29) is 5.92 Å². The van der Waals surface area contributed by atoms with Gasteiger partial charge in [0.15, 0.2) is 5.78 Å². The van der Waals surface area contributed by atoms with Crippen LogP contribution in [0.2, 0.25) is 0 Å². The Bertz CT molecular complexity index is 201. The molecule has 1 unspecified atom stereocenters. The van der Waals surface area contributed by atoms with Gasteiger partial charge in [0.25, 0.3) is 0 Å². The SMILES string of the molecule is CCC1=C(CC)C(=O)C(C)C1. The molecule has 0 saturated carbocycles. The maximum Gasteiger partial charge on any atom is 0.161 e. The normalized spacial score (nSPS) is 25.0. The molecule has 0 aliphatic heterocycles. The summed E-state index contributed by atoms with van der Waals surface area (Å²) in [6.07, 6.45) is 2.99. The lowest BCUT2D eigenvalue weighted by Crippen LogP contribution is -2.04. The average Bonchev–Trinajstić information content (AvgIpc) is 2.28. The summed E-state index contributed by atoms with van der Waals surface area (Å²) in [5.41, 5.74) is 2.50. The van der Waals surface area contributed by atoms with Crippen LogP contribution in [-0.4, -0.2) is 5.78 Å². The Kier molecular flexibility index (Phi) is 2.48. The van der Waals surface area contributed by atoms with Crippen molar-refractivity contribution in [1.29, 1.82) is 0 Å². The molecule has 0 radical (unpaired) electrons. The molecular formula is C10H16O. The first kappa shape index (κ1) is 8.51. The number of rotatable bonds is 2. The summed E-state index contributed by atoms with van der Waals surface area (Å²) < 4.78 is 0. The van der Waals surface area contributed by atoms with E-state index >= 15 is 0 Å². The lowest BCUT2D eigenvalue weighted by atomic mass is 10.1. The first-order valence-corrected chi connectivity index (χ1v) is 4.45. The van der Waals surface area contributed by atoms with Crippen LogP contribution in [0.15, 0.2) is 11.1 Å². The second kappa shape index (κ2) is 3.21. The number of hydrogen-bond donors (Lipinski definition) is 0. The van der Waals surface area contributed by atoms with Crippen molar-refractivity contribution in [3.63, 3.8) is 0 Å². The van der Waals surface area contributed by atoms with Crippen LogP contribution in [0.1, 0.15) is 40.0 Å². The maximum absolute atomic E-state index is 11.4. The highest BCUT2D eigenvalue weighted by Gasteiger charge is 2.26. The molecule has 0 aromatic carbocycles. The lowest BCUT2D eigenvalue weighted by molar-refractivity contribution is -0.117. The molecule has 0 fully saturated rings. The minimum atomic E-state index is 0.264. The van der Waals surface area contributed by atoms with E-state index in [9.17, 15) is 4.79 Å². The van der Waals surface area contributed by atoms with E-state index in [2.05, 4.69) is 13.8 Å². The second-order valence-electron chi connectivity index (χ2n) is 3.26. The summed E-state index contributed by atoms with van der Waals surface area (Å²) in [7, 11) is 0. The van der Waals surface area contributed by atoms with Crippen LogP contribution < -0.4 is 0 Å². The molecule has 1 rings (SSSR count). The predicted molar refractivity (Wildman–Crippen MR) is 46.4 cm³/mol. The van der Waals surface area contributed by atoms with Gasteiger partial charge in [-0.1, -0.05) is 26.3 Å². The Labute approximate surface area is 68.5 Å². The molecule has 0 aromatic heterocycles. The zero-order chi connectivity index (χ0) is 8.43. The molecule has 0 heterocycles. The van der Waals surface area contributed by atoms with Crippen LogP contribution in [0.25, 0.3) is 0 Å². The topological polar surface area (TPSA) is 17.1 Å². The largest absolute Gasteiger partial charge is 0.294 e. The van der Waals surface area contributed by atoms with Crippen LogP contribution in [0.3, 0.4) is 0 Å². The summed E-state index contributed by atoms with van der Waals surface area (Å²) >= 11 is 0. The fraction of sp³-hybridized carbons (Fsp3) is 0.700. The van der Waals surface area contributed by atoms with Crippen LogP contribution in [0.5, 0.6) is 0 Å². The van der Waals surface area contributed by atoms with Crippen molar-refractivity contribution in [2.45, 2.75) is 40.0 Å². The number of ketones is 1. The Morgan fingerprint density at radius 3 is 2.36 bits per heavy atom. The molecule has 0 bridgehead atoms. The van der Waals surface area contributed by atoms with Gasteiger partial charge < -0.3 is 0 Å². The Morgan fingerprint density at radius 2 is 2.00 bits per heavy atom. The van der Waals surface area contributed by atoms with Gasteiger partial charge in [0, 0.05) is 5.92 Å². The summed E-state index contributed by atoms with van der Waals surface area (Å²) in [5, 5.41) is 0. The molecule has 0 N–H and O–H groups in total. The molecule has 62 valence electrons. The highest BCUT2D eigenvalue weighted by atomic mass is 16.1. The van der Waals surface area contributed by atoms with Gasteiger partial charge in [-0.2, -0.15) is 0 Å². The Morgan fingerprint density at radius 1 is 1.36 bits per heavy atom. The number of Topliss-reactive ketones (excluding diaryl/α,β-unsaturated/α-hetero) is 1.